The second kappa shape index (κ2) is 6.54. The van der Waals surface area contributed by atoms with Crippen LogP contribution in [0.5, 0.6) is 5.75 Å². The Hall–Kier alpha value is -1.02. The van der Waals surface area contributed by atoms with Crippen molar-refractivity contribution in [1.82, 2.24) is 0 Å². The molecule has 0 fully saturated rings. The lowest BCUT2D eigenvalue weighted by atomic mass is 10.1. The maximum absolute atomic E-state index is 5.96. The standard InChI is InChI=1S/C14H23NO/c1-4-12(5-2)16-13-9-7-11(8-10-13)14(15)6-3/h7-10,12,14H,4-6,15H2,1-3H3/t14-/m1/s1. The molecule has 1 aromatic rings. The summed E-state index contributed by atoms with van der Waals surface area (Å²) in [6.45, 7) is 6.39. The molecule has 1 atom stereocenters. The van der Waals surface area contributed by atoms with E-state index in [1.54, 1.807) is 0 Å². The Morgan fingerprint density at radius 3 is 2.00 bits per heavy atom. The lowest BCUT2D eigenvalue weighted by Gasteiger charge is -2.16. The van der Waals surface area contributed by atoms with Crippen molar-refractivity contribution in [1.29, 1.82) is 0 Å². The van der Waals surface area contributed by atoms with Gasteiger partial charge in [-0.25, -0.2) is 0 Å². The summed E-state index contributed by atoms with van der Waals surface area (Å²) in [7, 11) is 0. The van der Waals surface area contributed by atoms with E-state index < -0.39 is 0 Å². The van der Waals surface area contributed by atoms with Crippen LogP contribution < -0.4 is 10.5 Å². The van der Waals surface area contributed by atoms with Gasteiger partial charge < -0.3 is 10.5 Å². The fourth-order valence-corrected chi connectivity index (χ4v) is 1.68. The molecule has 0 saturated heterocycles. The molecular formula is C14H23NO. The van der Waals surface area contributed by atoms with Crippen molar-refractivity contribution in [2.24, 2.45) is 5.73 Å². The van der Waals surface area contributed by atoms with E-state index in [9.17, 15) is 0 Å². The van der Waals surface area contributed by atoms with E-state index in [2.05, 4.69) is 32.9 Å². The van der Waals surface area contributed by atoms with Crippen molar-refractivity contribution in [2.75, 3.05) is 0 Å². The number of nitrogens with two attached hydrogens (primary N) is 1. The predicted molar refractivity (Wildman–Crippen MR) is 68.7 cm³/mol. The third kappa shape index (κ3) is 3.53. The molecule has 0 aliphatic carbocycles. The topological polar surface area (TPSA) is 35.2 Å². The Labute approximate surface area is 98.8 Å². The minimum Gasteiger partial charge on any atom is -0.490 e. The van der Waals surface area contributed by atoms with Gasteiger partial charge in [-0.05, 0) is 37.0 Å². The molecule has 0 bridgehead atoms. The van der Waals surface area contributed by atoms with Gasteiger partial charge >= 0.3 is 0 Å². The summed E-state index contributed by atoms with van der Waals surface area (Å²) < 4.78 is 5.84. The molecule has 2 nitrogen and oxygen atoms in total. The summed E-state index contributed by atoms with van der Waals surface area (Å²) in [4.78, 5) is 0. The number of benzene rings is 1. The van der Waals surface area contributed by atoms with E-state index >= 15 is 0 Å². The van der Waals surface area contributed by atoms with Gasteiger partial charge in [0, 0.05) is 6.04 Å². The van der Waals surface area contributed by atoms with Gasteiger partial charge in [0.25, 0.3) is 0 Å². The fraction of sp³-hybridized carbons (Fsp3) is 0.571. The molecule has 0 saturated carbocycles. The molecule has 0 heterocycles. The van der Waals surface area contributed by atoms with Crippen LogP contribution in [-0.2, 0) is 0 Å². The van der Waals surface area contributed by atoms with E-state index in [4.69, 9.17) is 10.5 Å². The van der Waals surface area contributed by atoms with Gasteiger partial charge in [-0.1, -0.05) is 32.9 Å². The first kappa shape index (κ1) is 13.0. The van der Waals surface area contributed by atoms with E-state index in [1.807, 2.05) is 12.1 Å². The first-order chi connectivity index (χ1) is 7.71. The van der Waals surface area contributed by atoms with Crippen LogP contribution in [0, 0.1) is 0 Å². The summed E-state index contributed by atoms with van der Waals surface area (Å²) in [5.74, 6) is 0.945. The van der Waals surface area contributed by atoms with Crippen molar-refractivity contribution < 1.29 is 4.74 Å². The summed E-state index contributed by atoms with van der Waals surface area (Å²) >= 11 is 0. The highest BCUT2D eigenvalue weighted by Gasteiger charge is 2.06. The van der Waals surface area contributed by atoms with Crippen LogP contribution in [0.4, 0.5) is 0 Å². The van der Waals surface area contributed by atoms with E-state index in [0.717, 1.165) is 25.0 Å². The smallest absolute Gasteiger partial charge is 0.119 e. The van der Waals surface area contributed by atoms with Gasteiger partial charge in [0.2, 0.25) is 0 Å². The van der Waals surface area contributed by atoms with Gasteiger partial charge in [0.15, 0.2) is 0 Å². The van der Waals surface area contributed by atoms with Crippen LogP contribution >= 0.6 is 0 Å². The molecule has 2 heteroatoms. The van der Waals surface area contributed by atoms with Crippen molar-refractivity contribution in [2.45, 2.75) is 52.2 Å². The minimum atomic E-state index is 0.141. The quantitative estimate of drug-likeness (QED) is 0.795. The molecule has 0 radical (unpaired) electrons. The summed E-state index contributed by atoms with van der Waals surface area (Å²) in [5, 5.41) is 0. The molecule has 0 amide bonds. The highest BCUT2D eigenvalue weighted by molar-refractivity contribution is 5.29. The zero-order valence-electron chi connectivity index (χ0n) is 10.6. The number of hydrogen-bond donors (Lipinski definition) is 1. The Morgan fingerprint density at radius 2 is 1.56 bits per heavy atom. The SMILES string of the molecule is CCC(CC)Oc1ccc([C@H](N)CC)cc1. The fourth-order valence-electron chi connectivity index (χ4n) is 1.68. The van der Waals surface area contributed by atoms with Crippen molar-refractivity contribution in [3.8, 4) is 5.75 Å². The lowest BCUT2D eigenvalue weighted by Crippen LogP contribution is -2.14. The Kier molecular flexibility index (Phi) is 5.33. The third-order valence-corrected chi connectivity index (χ3v) is 2.96. The minimum absolute atomic E-state index is 0.141. The van der Waals surface area contributed by atoms with Crippen LogP contribution in [0.3, 0.4) is 0 Å². The van der Waals surface area contributed by atoms with Gasteiger partial charge in [0.05, 0.1) is 6.10 Å². The maximum atomic E-state index is 5.96. The van der Waals surface area contributed by atoms with Crippen LogP contribution in [0.15, 0.2) is 24.3 Å². The molecule has 0 spiro atoms. The molecule has 16 heavy (non-hydrogen) atoms. The van der Waals surface area contributed by atoms with E-state index in [1.165, 1.54) is 5.56 Å². The maximum Gasteiger partial charge on any atom is 0.119 e. The van der Waals surface area contributed by atoms with E-state index in [-0.39, 0.29) is 6.04 Å². The summed E-state index contributed by atoms with van der Waals surface area (Å²) in [5.41, 5.74) is 7.14. The van der Waals surface area contributed by atoms with Gasteiger partial charge in [0.1, 0.15) is 5.75 Å². The van der Waals surface area contributed by atoms with Crippen LogP contribution in [0.1, 0.15) is 51.6 Å². The Balaban J connectivity index is 2.64. The lowest BCUT2D eigenvalue weighted by molar-refractivity contribution is 0.193. The summed E-state index contributed by atoms with van der Waals surface area (Å²) in [6, 6.07) is 8.30. The number of hydrogen-bond acceptors (Lipinski definition) is 2. The molecule has 0 aliphatic heterocycles. The van der Waals surface area contributed by atoms with Gasteiger partial charge in [-0.3, -0.25) is 0 Å². The highest BCUT2D eigenvalue weighted by Crippen LogP contribution is 2.20. The predicted octanol–water partition coefficient (Wildman–Crippen LogP) is 3.66. The monoisotopic (exact) mass is 221 g/mol. The second-order valence-corrected chi connectivity index (χ2v) is 4.14. The molecule has 90 valence electrons. The molecule has 1 rings (SSSR count). The molecule has 0 aromatic heterocycles. The van der Waals surface area contributed by atoms with Gasteiger partial charge in [-0.2, -0.15) is 0 Å². The van der Waals surface area contributed by atoms with Crippen LogP contribution in [-0.4, -0.2) is 6.10 Å². The van der Waals surface area contributed by atoms with E-state index in [0.29, 0.717) is 6.10 Å². The van der Waals surface area contributed by atoms with Gasteiger partial charge in [-0.15, -0.1) is 0 Å². The molecule has 0 unspecified atom stereocenters. The van der Waals surface area contributed by atoms with Crippen LogP contribution in [0.25, 0.3) is 0 Å². The van der Waals surface area contributed by atoms with Crippen molar-refractivity contribution in [3.05, 3.63) is 29.8 Å². The Bertz CT molecular complexity index is 290. The molecule has 1 aromatic carbocycles. The average Bonchev–Trinajstić information content (AvgIpc) is 2.35. The molecule has 2 N–H and O–H groups in total. The van der Waals surface area contributed by atoms with Crippen LogP contribution in [0.2, 0.25) is 0 Å². The first-order valence-electron chi connectivity index (χ1n) is 6.23. The number of ether oxygens (including phenoxy) is 1. The second-order valence-electron chi connectivity index (χ2n) is 4.14. The van der Waals surface area contributed by atoms with Crippen molar-refractivity contribution in [3.63, 3.8) is 0 Å². The molecular weight excluding hydrogens is 198 g/mol. The number of rotatable bonds is 6. The first-order valence-corrected chi connectivity index (χ1v) is 6.23. The zero-order chi connectivity index (χ0) is 12.0. The Morgan fingerprint density at radius 1 is 1.00 bits per heavy atom. The largest absolute Gasteiger partial charge is 0.490 e. The third-order valence-electron chi connectivity index (χ3n) is 2.96. The highest BCUT2D eigenvalue weighted by atomic mass is 16.5. The van der Waals surface area contributed by atoms with Crippen molar-refractivity contribution >= 4 is 0 Å². The normalized spacial score (nSPS) is 12.8. The zero-order valence-corrected chi connectivity index (χ0v) is 10.6. The molecule has 0 aliphatic rings. The summed E-state index contributed by atoms with van der Waals surface area (Å²) in [6.07, 6.45) is 3.39. The average molecular weight is 221 g/mol.